The molecular weight excluding hydrogens is 309 g/mol. The molecule has 0 unspecified atom stereocenters. The first-order chi connectivity index (χ1) is 10.1. The van der Waals surface area contributed by atoms with Crippen LogP contribution in [-0.2, 0) is 4.79 Å². The van der Waals surface area contributed by atoms with Crippen LogP contribution in [0.4, 0.5) is 5.69 Å². The van der Waals surface area contributed by atoms with Crippen molar-refractivity contribution in [3.63, 3.8) is 0 Å². The van der Waals surface area contributed by atoms with Crippen molar-refractivity contribution in [3.8, 4) is 5.75 Å². The summed E-state index contributed by atoms with van der Waals surface area (Å²) in [5.41, 5.74) is 2.96. The normalized spacial score (nSPS) is 15.0. The van der Waals surface area contributed by atoms with Crippen LogP contribution in [0.2, 0.25) is 10.0 Å². The molecule has 0 bridgehead atoms. The molecule has 1 aliphatic heterocycles. The highest BCUT2D eigenvalue weighted by molar-refractivity contribution is 6.42. The maximum atomic E-state index is 12.1. The molecule has 1 amide bonds. The monoisotopic (exact) mass is 319 g/mol. The molecule has 0 radical (unpaired) electrons. The summed E-state index contributed by atoms with van der Waals surface area (Å²) in [7, 11) is 1.59. The van der Waals surface area contributed by atoms with Gasteiger partial charge in [0.15, 0.2) is 0 Å². The minimum Gasteiger partial charge on any atom is -0.497 e. The zero-order chi connectivity index (χ0) is 15.0. The van der Waals surface area contributed by atoms with Crippen LogP contribution < -0.4 is 10.1 Å². The van der Waals surface area contributed by atoms with Gasteiger partial charge in [0, 0.05) is 16.8 Å². The highest BCUT2D eigenvalue weighted by Gasteiger charge is 2.24. The zero-order valence-electron chi connectivity index (χ0n) is 11.1. The van der Waals surface area contributed by atoms with Crippen molar-refractivity contribution in [2.75, 3.05) is 12.4 Å². The number of methoxy groups -OCH3 is 1. The molecule has 0 atom stereocenters. The highest BCUT2D eigenvalue weighted by Crippen LogP contribution is 2.36. The summed E-state index contributed by atoms with van der Waals surface area (Å²) < 4.78 is 5.20. The number of anilines is 1. The van der Waals surface area contributed by atoms with E-state index in [1.165, 1.54) is 0 Å². The quantitative estimate of drug-likeness (QED) is 0.828. The van der Waals surface area contributed by atoms with E-state index in [-0.39, 0.29) is 5.91 Å². The summed E-state index contributed by atoms with van der Waals surface area (Å²) in [4.78, 5) is 12.1. The molecule has 21 heavy (non-hydrogen) atoms. The van der Waals surface area contributed by atoms with Crippen molar-refractivity contribution < 1.29 is 9.53 Å². The second-order valence-corrected chi connectivity index (χ2v) is 5.41. The lowest BCUT2D eigenvalue weighted by Gasteiger charge is -2.03. The third-order valence-electron chi connectivity index (χ3n) is 3.26. The lowest BCUT2D eigenvalue weighted by Crippen LogP contribution is -2.03. The van der Waals surface area contributed by atoms with Crippen molar-refractivity contribution in [2.45, 2.75) is 0 Å². The molecule has 1 N–H and O–H groups in total. The molecule has 3 rings (SSSR count). The van der Waals surface area contributed by atoms with Crippen molar-refractivity contribution in [3.05, 3.63) is 57.6 Å². The molecule has 3 nitrogen and oxygen atoms in total. The van der Waals surface area contributed by atoms with E-state index in [2.05, 4.69) is 5.32 Å². The second kappa shape index (κ2) is 5.43. The second-order valence-electron chi connectivity index (χ2n) is 4.60. The molecule has 5 heteroatoms. The number of hydrogen-bond acceptors (Lipinski definition) is 2. The smallest absolute Gasteiger partial charge is 0.256 e. The van der Waals surface area contributed by atoms with Gasteiger partial charge in [0.05, 0.1) is 17.2 Å². The largest absolute Gasteiger partial charge is 0.497 e. The third-order valence-corrected chi connectivity index (χ3v) is 4.00. The van der Waals surface area contributed by atoms with Gasteiger partial charge in [0.2, 0.25) is 0 Å². The predicted molar refractivity (Wildman–Crippen MR) is 86.0 cm³/mol. The van der Waals surface area contributed by atoms with Gasteiger partial charge in [-0.3, -0.25) is 4.79 Å². The molecule has 0 aromatic heterocycles. The Kier molecular flexibility index (Phi) is 3.62. The number of benzene rings is 2. The van der Waals surface area contributed by atoms with Gasteiger partial charge in [-0.15, -0.1) is 0 Å². The lowest BCUT2D eigenvalue weighted by molar-refractivity contribution is -0.110. The Balaban J connectivity index is 2.08. The topological polar surface area (TPSA) is 38.3 Å². The van der Waals surface area contributed by atoms with Gasteiger partial charge in [-0.25, -0.2) is 0 Å². The molecule has 0 aliphatic carbocycles. The first-order valence-corrected chi connectivity index (χ1v) is 7.00. The summed E-state index contributed by atoms with van der Waals surface area (Å²) in [5.74, 6) is 0.551. The molecular formula is C16H11Cl2NO2. The van der Waals surface area contributed by atoms with Crippen molar-refractivity contribution in [2.24, 2.45) is 0 Å². The summed E-state index contributed by atoms with van der Waals surface area (Å²) in [5, 5.41) is 3.76. The van der Waals surface area contributed by atoms with E-state index in [1.54, 1.807) is 31.4 Å². The van der Waals surface area contributed by atoms with E-state index >= 15 is 0 Å². The van der Waals surface area contributed by atoms with E-state index in [0.29, 0.717) is 21.4 Å². The Hall–Kier alpha value is -1.97. The van der Waals surface area contributed by atoms with Crippen molar-refractivity contribution >= 4 is 46.4 Å². The van der Waals surface area contributed by atoms with Crippen LogP contribution in [0.15, 0.2) is 36.4 Å². The average Bonchev–Trinajstić information content (AvgIpc) is 2.78. The van der Waals surface area contributed by atoms with Gasteiger partial charge < -0.3 is 10.1 Å². The van der Waals surface area contributed by atoms with E-state index in [0.717, 1.165) is 16.8 Å². The van der Waals surface area contributed by atoms with Crippen LogP contribution in [-0.4, -0.2) is 13.0 Å². The summed E-state index contributed by atoms with van der Waals surface area (Å²) >= 11 is 11.9. The van der Waals surface area contributed by atoms with Crippen LogP contribution in [0.3, 0.4) is 0 Å². The van der Waals surface area contributed by atoms with Crippen LogP contribution in [0, 0.1) is 0 Å². The minimum atomic E-state index is -0.149. The Labute approximate surface area is 132 Å². The highest BCUT2D eigenvalue weighted by atomic mass is 35.5. The first kappa shape index (κ1) is 14.0. The number of carbonyl (C=O) groups is 1. The van der Waals surface area contributed by atoms with Gasteiger partial charge in [0.25, 0.3) is 5.91 Å². The zero-order valence-corrected chi connectivity index (χ0v) is 12.6. The van der Waals surface area contributed by atoms with Crippen LogP contribution >= 0.6 is 23.2 Å². The number of rotatable bonds is 2. The van der Waals surface area contributed by atoms with Gasteiger partial charge in [-0.2, -0.15) is 0 Å². The maximum Gasteiger partial charge on any atom is 0.256 e. The summed E-state index contributed by atoms with van der Waals surface area (Å²) in [6.07, 6.45) is 1.78. The number of fused-ring (bicyclic) bond motifs is 1. The Morgan fingerprint density at radius 1 is 1.10 bits per heavy atom. The Morgan fingerprint density at radius 2 is 1.90 bits per heavy atom. The Bertz CT molecular complexity index is 769. The number of amides is 1. The number of hydrogen-bond donors (Lipinski definition) is 1. The standard InChI is InChI=1S/C16H11Cl2NO2/c1-21-10-3-5-15-11(8-10)12(16(20)19-15)6-9-2-4-13(17)14(18)7-9/h2-8H,1H3,(H,19,20)/b12-6+. The maximum absolute atomic E-state index is 12.1. The Morgan fingerprint density at radius 3 is 2.62 bits per heavy atom. The van der Waals surface area contributed by atoms with Gasteiger partial charge >= 0.3 is 0 Å². The van der Waals surface area contributed by atoms with Crippen molar-refractivity contribution in [1.29, 1.82) is 0 Å². The summed E-state index contributed by atoms with van der Waals surface area (Å²) in [6, 6.07) is 10.7. The number of halogens is 2. The molecule has 0 spiro atoms. The number of nitrogens with one attached hydrogen (secondary N) is 1. The third kappa shape index (κ3) is 2.62. The molecule has 0 saturated heterocycles. The number of ether oxygens (including phenoxy) is 1. The fourth-order valence-electron chi connectivity index (χ4n) is 2.21. The van der Waals surface area contributed by atoms with Crippen LogP contribution in [0.1, 0.15) is 11.1 Å². The number of carbonyl (C=O) groups excluding carboxylic acids is 1. The van der Waals surface area contributed by atoms with E-state index in [4.69, 9.17) is 27.9 Å². The average molecular weight is 320 g/mol. The molecule has 1 aliphatic rings. The molecule has 2 aromatic carbocycles. The van der Waals surface area contributed by atoms with Crippen LogP contribution in [0.5, 0.6) is 5.75 Å². The van der Waals surface area contributed by atoms with Gasteiger partial charge in [-0.1, -0.05) is 29.3 Å². The molecule has 0 saturated carbocycles. The van der Waals surface area contributed by atoms with E-state index in [9.17, 15) is 4.79 Å². The van der Waals surface area contributed by atoms with Gasteiger partial charge in [0.1, 0.15) is 5.75 Å². The van der Waals surface area contributed by atoms with Gasteiger partial charge in [-0.05, 0) is 42.0 Å². The molecule has 2 aromatic rings. The molecule has 0 fully saturated rings. The summed E-state index contributed by atoms with van der Waals surface area (Å²) in [6.45, 7) is 0. The van der Waals surface area contributed by atoms with E-state index < -0.39 is 0 Å². The SMILES string of the molecule is COc1ccc2c(c1)/C(=C\c1ccc(Cl)c(Cl)c1)C(=O)N2. The molecule has 106 valence electrons. The fraction of sp³-hybridized carbons (Fsp3) is 0.0625. The first-order valence-electron chi connectivity index (χ1n) is 6.25. The fourth-order valence-corrected chi connectivity index (χ4v) is 2.51. The van der Waals surface area contributed by atoms with Crippen molar-refractivity contribution in [1.82, 2.24) is 0 Å². The van der Waals surface area contributed by atoms with Crippen LogP contribution in [0.25, 0.3) is 11.6 Å². The van der Waals surface area contributed by atoms with E-state index in [1.807, 2.05) is 18.2 Å². The molecule has 1 heterocycles. The minimum absolute atomic E-state index is 0.149. The lowest BCUT2D eigenvalue weighted by atomic mass is 10.0. The predicted octanol–water partition coefficient (Wildman–Crippen LogP) is 4.49.